The Morgan fingerprint density at radius 1 is 1.08 bits per heavy atom. The van der Waals surface area contributed by atoms with E-state index in [1.807, 2.05) is 0 Å². The van der Waals surface area contributed by atoms with Crippen molar-refractivity contribution in [3.63, 3.8) is 0 Å². The summed E-state index contributed by atoms with van der Waals surface area (Å²) >= 11 is 5.78. The molecule has 0 aliphatic carbocycles. The van der Waals surface area contributed by atoms with Crippen LogP contribution in [0, 0.1) is 0 Å². The number of hydrogen-bond donors (Lipinski definition) is 1. The summed E-state index contributed by atoms with van der Waals surface area (Å²) < 4.78 is 62.2. The zero-order chi connectivity index (χ0) is 19.1. The fraction of sp³-hybridized carbons (Fsp3) is 0.0769. The molecule has 0 fully saturated rings. The summed E-state index contributed by atoms with van der Waals surface area (Å²) in [5.41, 5.74) is 0.275. The van der Waals surface area contributed by atoms with Crippen LogP contribution in [0.25, 0.3) is 17.3 Å². The van der Waals surface area contributed by atoms with Crippen LogP contribution in [0.1, 0.15) is 5.82 Å². The number of benzene rings is 1. The first-order chi connectivity index (χ1) is 12.1. The predicted molar refractivity (Wildman–Crippen MR) is 83.8 cm³/mol. The summed E-state index contributed by atoms with van der Waals surface area (Å²) in [4.78, 5) is 10.5. The molecule has 26 heavy (non-hydrogen) atoms. The van der Waals surface area contributed by atoms with Gasteiger partial charge in [0.2, 0.25) is 10.0 Å². The van der Waals surface area contributed by atoms with E-state index < -0.39 is 26.9 Å². The van der Waals surface area contributed by atoms with Gasteiger partial charge in [-0.25, -0.2) is 28.5 Å². The molecular formula is C13H8ClF3N6O2S. The maximum atomic E-state index is 13.0. The fourth-order valence-electron chi connectivity index (χ4n) is 1.92. The van der Waals surface area contributed by atoms with Crippen molar-refractivity contribution in [1.29, 1.82) is 0 Å². The Bertz CT molecular complexity index is 1050. The Balaban J connectivity index is 2.16. The highest BCUT2D eigenvalue weighted by molar-refractivity contribution is 7.89. The second-order valence-corrected chi connectivity index (χ2v) is 6.94. The maximum absolute atomic E-state index is 13.0. The topological polar surface area (TPSA) is 117 Å². The Hall–Kier alpha value is -2.57. The van der Waals surface area contributed by atoms with Crippen LogP contribution in [0.5, 0.6) is 0 Å². The van der Waals surface area contributed by atoms with Crippen molar-refractivity contribution in [2.75, 3.05) is 0 Å². The fourth-order valence-corrected chi connectivity index (χ4v) is 2.45. The highest BCUT2D eigenvalue weighted by Gasteiger charge is 2.37. The van der Waals surface area contributed by atoms with Crippen molar-refractivity contribution in [3.8, 4) is 17.3 Å². The van der Waals surface area contributed by atoms with Gasteiger partial charge in [0.05, 0.1) is 12.4 Å². The molecule has 13 heteroatoms. The van der Waals surface area contributed by atoms with E-state index in [4.69, 9.17) is 16.7 Å². The standard InChI is InChI=1S/C13H8ClF3N6O2S/c14-8-3-1-7(2-4-8)10-21-11(13(15,16)17)22-23(10)12-19-5-9(6-20-12)26(18,24)25/h1-6H,(H2,18,24,25). The maximum Gasteiger partial charge on any atom is 0.453 e. The molecular weight excluding hydrogens is 397 g/mol. The molecule has 0 spiro atoms. The highest BCUT2D eigenvalue weighted by Crippen LogP contribution is 2.30. The van der Waals surface area contributed by atoms with Gasteiger partial charge in [0.15, 0.2) is 5.82 Å². The molecule has 0 atom stereocenters. The van der Waals surface area contributed by atoms with Crippen molar-refractivity contribution < 1.29 is 21.6 Å². The molecule has 2 heterocycles. The van der Waals surface area contributed by atoms with E-state index in [-0.39, 0.29) is 17.3 Å². The lowest BCUT2D eigenvalue weighted by Crippen LogP contribution is -2.14. The number of rotatable bonds is 3. The van der Waals surface area contributed by atoms with Crippen molar-refractivity contribution in [2.24, 2.45) is 5.14 Å². The first kappa shape index (κ1) is 18.2. The Labute approximate surface area is 149 Å². The van der Waals surface area contributed by atoms with E-state index >= 15 is 0 Å². The zero-order valence-corrected chi connectivity index (χ0v) is 14.1. The van der Waals surface area contributed by atoms with E-state index in [1.165, 1.54) is 24.3 Å². The number of primary sulfonamides is 1. The van der Waals surface area contributed by atoms with Gasteiger partial charge in [-0.15, -0.1) is 5.10 Å². The van der Waals surface area contributed by atoms with Crippen LogP contribution >= 0.6 is 11.6 Å². The molecule has 0 unspecified atom stereocenters. The molecule has 0 bridgehead atoms. The van der Waals surface area contributed by atoms with E-state index in [1.54, 1.807) is 0 Å². The zero-order valence-electron chi connectivity index (χ0n) is 12.5. The number of nitrogens with two attached hydrogens (primary N) is 1. The van der Waals surface area contributed by atoms with Gasteiger partial charge in [0.1, 0.15) is 4.90 Å². The number of sulfonamides is 1. The van der Waals surface area contributed by atoms with Crippen molar-refractivity contribution >= 4 is 21.6 Å². The minimum Gasteiger partial charge on any atom is -0.225 e. The summed E-state index contributed by atoms with van der Waals surface area (Å²) in [5, 5.41) is 8.70. The second kappa shape index (κ2) is 6.30. The van der Waals surface area contributed by atoms with Crippen LogP contribution in [0.15, 0.2) is 41.6 Å². The summed E-state index contributed by atoms with van der Waals surface area (Å²) in [7, 11) is -4.05. The largest absolute Gasteiger partial charge is 0.453 e. The lowest BCUT2D eigenvalue weighted by atomic mass is 10.2. The number of alkyl halides is 3. The minimum absolute atomic E-state index is 0.197. The van der Waals surface area contributed by atoms with Crippen LogP contribution in [-0.2, 0) is 16.2 Å². The molecule has 136 valence electrons. The van der Waals surface area contributed by atoms with Crippen molar-refractivity contribution in [3.05, 3.63) is 47.5 Å². The lowest BCUT2D eigenvalue weighted by molar-refractivity contribution is -0.144. The molecule has 8 nitrogen and oxygen atoms in total. The summed E-state index contributed by atoms with van der Waals surface area (Å²) in [6.07, 6.45) is -3.08. The molecule has 2 aromatic heterocycles. The Morgan fingerprint density at radius 2 is 1.65 bits per heavy atom. The normalized spacial score (nSPS) is 12.3. The van der Waals surface area contributed by atoms with E-state index in [0.717, 1.165) is 17.1 Å². The van der Waals surface area contributed by atoms with Crippen LogP contribution < -0.4 is 5.14 Å². The minimum atomic E-state index is -4.80. The van der Waals surface area contributed by atoms with Crippen LogP contribution in [0.4, 0.5) is 13.2 Å². The van der Waals surface area contributed by atoms with Crippen molar-refractivity contribution in [2.45, 2.75) is 11.1 Å². The Kier molecular flexibility index (Phi) is 4.42. The van der Waals surface area contributed by atoms with E-state index in [0.29, 0.717) is 5.02 Å². The third-order valence-electron chi connectivity index (χ3n) is 3.10. The lowest BCUT2D eigenvalue weighted by Gasteiger charge is -2.05. The molecule has 0 amide bonds. The number of halogens is 4. The molecule has 0 saturated heterocycles. The van der Waals surface area contributed by atoms with Crippen LogP contribution in [0.2, 0.25) is 5.02 Å². The van der Waals surface area contributed by atoms with Gasteiger partial charge in [-0.05, 0) is 24.3 Å². The summed E-state index contributed by atoms with van der Waals surface area (Å²) in [5.74, 6) is -1.91. The Morgan fingerprint density at radius 3 is 2.15 bits per heavy atom. The van der Waals surface area contributed by atoms with Crippen LogP contribution in [0.3, 0.4) is 0 Å². The van der Waals surface area contributed by atoms with Gasteiger partial charge in [-0.1, -0.05) is 11.6 Å². The number of hydrogen-bond acceptors (Lipinski definition) is 6. The van der Waals surface area contributed by atoms with Crippen LogP contribution in [-0.4, -0.2) is 33.2 Å². The molecule has 3 aromatic rings. The van der Waals surface area contributed by atoms with Gasteiger partial charge < -0.3 is 0 Å². The first-order valence-electron chi connectivity index (χ1n) is 6.71. The predicted octanol–water partition coefficient (Wildman–Crippen LogP) is 2.04. The third kappa shape index (κ3) is 3.66. The van der Waals surface area contributed by atoms with E-state index in [2.05, 4.69) is 20.1 Å². The van der Waals surface area contributed by atoms with E-state index in [9.17, 15) is 21.6 Å². The number of aromatic nitrogens is 5. The summed E-state index contributed by atoms with van der Waals surface area (Å²) in [6, 6.07) is 5.83. The molecule has 0 aliphatic rings. The molecule has 2 N–H and O–H groups in total. The SMILES string of the molecule is NS(=O)(=O)c1cnc(-n2nc(C(F)(F)F)nc2-c2ccc(Cl)cc2)nc1. The van der Waals surface area contributed by atoms with Crippen molar-refractivity contribution in [1.82, 2.24) is 24.7 Å². The monoisotopic (exact) mass is 404 g/mol. The number of nitrogens with zero attached hydrogens (tertiary/aromatic N) is 5. The van der Waals surface area contributed by atoms with Gasteiger partial charge in [0, 0.05) is 10.6 Å². The average Bonchev–Trinajstić information content (AvgIpc) is 3.00. The van der Waals surface area contributed by atoms with Gasteiger partial charge >= 0.3 is 6.18 Å². The smallest absolute Gasteiger partial charge is 0.225 e. The third-order valence-corrected chi connectivity index (χ3v) is 4.22. The van der Waals surface area contributed by atoms with Gasteiger partial charge in [0.25, 0.3) is 11.8 Å². The molecule has 0 aliphatic heterocycles. The average molecular weight is 405 g/mol. The highest BCUT2D eigenvalue weighted by atomic mass is 35.5. The molecule has 0 saturated carbocycles. The molecule has 0 radical (unpaired) electrons. The van der Waals surface area contributed by atoms with Gasteiger partial charge in [-0.3, -0.25) is 0 Å². The second-order valence-electron chi connectivity index (χ2n) is 4.94. The molecule has 1 aromatic carbocycles. The summed E-state index contributed by atoms with van der Waals surface area (Å²) in [6.45, 7) is 0. The van der Waals surface area contributed by atoms with Gasteiger partial charge in [-0.2, -0.15) is 17.9 Å². The first-order valence-corrected chi connectivity index (χ1v) is 8.63. The molecule has 3 rings (SSSR count). The quantitative estimate of drug-likeness (QED) is 0.714.